The normalized spacial score (nSPS) is 11.0. The van der Waals surface area contributed by atoms with Gasteiger partial charge in [0.25, 0.3) is 0 Å². The molecular formula is C38H43Na2O15P. The van der Waals surface area contributed by atoms with Gasteiger partial charge < -0.3 is 73.6 Å². The number of benzene rings is 4. The summed E-state index contributed by atoms with van der Waals surface area (Å²) in [6.45, 7) is -1.70. The first kappa shape index (κ1) is 51.1. The Kier molecular flexibility index (Phi) is 22.6. The van der Waals surface area contributed by atoms with E-state index in [1.165, 1.54) is 34.5 Å². The van der Waals surface area contributed by atoms with E-state index < -0.39 is 7.82 Å². The zero-order valence-corrected chi connectivity index (χ0v) is 36.9. The Morgan fingerprint density at radius 3 is 1.23 bits per heavy atom. The van der Waals surface area contributed by atoms with E-state index in [0.29, 0.717) is 55.8 Å². The molecule has 0 radical (unpaired) electrons. The third-order valence-corrected chi connectivity index (χ3v) is 8.51. The number of aliphatic hydroxyl groups excluding tert-OH is 6. The van der Waals surface area contributed by atoms with Gasteiger partial charge in [-0.3, -0.25) is 0 Å². The van der Waals surface area contributed by atoms with Crippen molar-refractivity contribution in [1.29, 1.82) is 0 Å². The third-order valence-electron chi connectivity index (χ3n) is 8.10. The van der Waals surface area contributed by atoms with E-state index in [-0.39, 0.29) is 128 Å². The van der Waals surface area contributed by atoms with Gasteiger partial charge in [-0.2, -0.15) is 0 Å². The minimum atomic E-state index is -5.36. The van der Waals surface area contributed by atoms with Gasteiger partial charge in [0.2, 0.25) is 11.5 Å². The maximum atomic E-state index is 11.1. The van der Waals surface area contributed by atoms with E-state index in [2.05, 4.69) is 4.52 Å². The van der Waals surface area contributed by atoms with Gasteiger partial charge in [-0.15, -0.1) is 0 Å². The van der Waals surface area contributed by atoms with Crippen LogP contribution in [0.1, 0.15) is 55.6 Å². The van der Waals surface area contributed by atoms with Crippen LogP contribution < -0.4 is 92.4 Å². The van der Waals surface area contributed by atoms with E-state index in [9.17, 15) is 50.1 Å². The van der Waals surface area contributed by atoms with Gasteiger partial charge in [-0.25, -0.2) is 0 Å². The molecule has 0 bridgehead atoms. The number of aliphatic hydroxyl groups is 6. The van der Waals surface area contributed by atoms with E-state index >= 15 is 0 Å². The predicted octanol–water partition coefficient (Wildman–Crippen LogP) is -3.38. The van der Waals surface area contributed by atoms with Crippen molar-refractivity contribution in [3.8, 4) is 34.5 Å². The molecule has 15 nitrogen and oxygen atoms in total. The number of hydrogen-bond donors (Lipinski definition) is 7. The van der Waals surface area contributed by atoms with Crippen LogP contribution in [0.4, 0.5) is 0 Å². The second-order valence-corrected chi connectivity index (χ2v) is 12.3. The standard InChI is InChI=1S/C19H23O9P.C19H22O6.2Na/c1-26-17-6-5-13(18(27-2)19(17)28-29(23,24)25)4-3-12-7-14(9-20)16(11-22)15(8-12)10-21;1-24-17-6-5-13(19(25-2)18(17)23)4-3-12-7-14(9-20)16(11-22)15(8-12)10-21;;/h3-8,20-22H,9-11H2,1-2H3,(H2,23,24,25);3-8,20-23H,9-11H2,1-2H3;;/q;;2*+1/p-2/b2*4-3-;;. The Morgan fingerprint density at radius 2 is 0.911 bits per heavy atom. The quantitative estimate of drug-likeness (QED) is 0.0331. The van der Waals surface area contributed by atoms with E-state index in [0.717, 1.165) is 5.56 Å². The molecule has 18 heteroatoms. The van der Waals surface area contributed by atoms with Crippen LogP contribution in [0.5, 0.6) is 34.5 Å². The zero-order chi connectivity index (χ0) is 40.0. The van der Waals surface area contributed by atoms with Gasteiger partial charge in [0.15, 0.2) is 23.0 Å². The Bertz CT molecular complexity index is 1950. The number of methoxy groups -OCH3 is 4. The SMILES string of the molecule is COc1ccc(/C=C\c2cc(CO)c(CO)c(CO)c2)c(OC)c1O.COc1ccc(/C=C\c2cc(CO)c(CO)c(CO)c2)c(OC)c1OP(=O)([O-])[O-].[Na+].[Na+]. The molecule has 0 fully saturated rings. The minimum Gasteiger partial charge on any atom is -0.780 e. The largest absolute Gasteiger partial charge is 1.00 e. The summed E-state index contributed by atoms with van der Waals surface area (Å²) in [6, 6.07) is 13.1. The van der Waals surface area contributed by atoms with Crippen LogP contribution in [0.2, 0.25) is 0 Å². The summed E-state index contributed by atoms with van der Waals surface area (Å²) in [5, 5.41) is 66.9. The molecule has 7 N–H and O–H groups in total. The maximum Gasteiger partial charge on any atom is 1.00 e. The van der Waals surface area contributed by atoms with Gasteiger partial charge in [0, 0.05) is 11.1 Å². The predicted molar refractivity (Wildman–Crippen MR) is 195 cm³/mol. The molecule has 4 aromatic rings. The maximum absolute atomic E-state index is 11.1. The van der Waals surface area contributed by atoms with Gasteiger partial charge in [0.1, 0.15) is 7.82 Å². The minimum absolute atomic E-state index is 0. The number of phosphoric ester groups is 1. The van der Waals surface area contributed by atoms with Gasteiger partial charge in [-0.1, -0.05) is 24.3 Å². The van der Waals surface area contributed by atoms with Crippen molar-refractivity contribution in [2.24, 2.45) is 0 Å². The van der Waals surface area contributed by atoms with Gasteiger partial charge >= 0.3 is 59.1 Å². The van der Waals surface area contributed by atoms with Gasteiger partial charge in [0.05, 0.1) is 68.1 Å². The van der Waals surface area contributed by atoms with Crippen LogP contribution in [0.15, 0.2) is 48.5 Å². The van der Waals surface area contributed by atoms with Crippen molar-refractivity contribution in [3.63, 3.8) is 0 Å². The van der Waals surface area contributed by atoms with Crippen LogP contribution in [0, 0.1) is 0 Å². The monoisotopic (exact) mass is 816 g/mol. The van der Waals surface area contributed by atoms with Crippen LogP contribution in [0.3, 0.4) is 0 Å². The number of phenols is 1. The first-order chi connectivity index (χ1) is 25.9. The molecule has 0 spiro atoms. The molecule has 56 heavy (non-hydrogen) atoms. The average Bonchev–Trinajstić information content (AvgIpc) is 3.17. The fourth-order valence-corrected chi connectivity index (χ4v) is 5.92. The van der Waals surface area contributed by atoms with Crippen LogP contribution >= 0.6 is 7.82 Å². The Hall–Kier alpha value is -2.93. The van der Waals surface area contributed by atoms with E-state index in [1.54, 1.807) is 66.8 Å². The van der Waals surface area contributed by atoms with Crippen molar-refractivity contribution in [2.45, 2.75) is 39.6 Å². The first-order valence-corrected chi connectivity index (χ1v) is 17.5. The molecule has 0 aliphatic rings. The Morgan fingerprint density at radius 1 is 0.536 bits per heavy atom. The van der Waals surface area contributed by atoms with Gasteiger partial charge in [-0.05, 0) is 93.0 Å². The Labute approximate surface area is 368 Å². The first-order valence-electron chi connectivity index (χ1n) is 16.1. The summed E-state index contributed by atoms with van der Waals surface area (Å²) >= 11 is 0. The van der Waals surface area contributed by atoms with Crippen molar-refractivity contribution in [3.05, 3.63) is 104 Å². The van der Waals surface area contributed by atoms with Crippen molar-refractivity contribution < 1.29 is 133 Å². The molecule has 292 valence electrons. The summed E-state index contributed by atoms with van der Waals surface area (Å²) in [7, 11) is 0.119. The van der Waals surface area contributed by atoms with Crippen molar-refractivity contribution >= 4 is 32.1 Å². The molecule has 0 saturated carbocycles. The number of rotatable bonds is 16. The molecule has 4 aromatic carbocycles. The third kappa shape index (κ3) is 13.3. The molecule has 4 rings (SSSR count). The summed E-state index contributed by atoms with van der Waals surface area (Å²) in [4.78, 5) is 22.2. The van der Waals surface area contributed by atoms with Crippen LogP contribution in [-0.4, -0.2) is 64.2 Å². The van der Waals surface area contributed by atoms with Crippen molar-refractivity contribution in [1.82, 2.24) is 0 Å². The molecule has 0 unspecified atom stereocenters. The topological polar surface area (TPSA) is 251 Å². The number of aromatic hydroxyl groups is 1. The zero-order valence-electron chi connectivity index (χ0n) is 32.0. The fourth-order valence-electron chi connectivity index (χ4n) is 5.52. The molecule has 0 heterocycles. The van der Waals surface area contributed by atoms with Crippen molar-refractivity contribution in [2.75, 3.05) is 28.4 Å². The average molecular weight is 817 g/mol. The summed E-state index contributed by atoms with van der Waals surface area (Å²) in [5.74, 6) is 0.120. The van der Waals surface area contributed by atoms with Crippen LogP contribution in [0.25, 0.3) is 24.3 Å². The molecule has 0 aromatic heterocycles. The van der Waals surface area contributed by atoms with Crippen LogP contribution in [-0.2, 0) is 44.2 Å². The molecular weight excluding hydrogens is 773 g/mol. The summed E-state index contributed by atoms with van der Waals surface area (Å²) in [5.41, 5.74) is 5.38. The summed E-state index contributed by atoms with van der Waals surface area (Å²) in [6.07, 6.45) is 6.71. The number of ether oxygens (including phenoxy) is 4. The second kappa shape index (κ2) is 24.8. The molecule has 0 saturated heterocycles. The number of phenolic OH excluding ortho intramolecular Hbond substituents is 1. The second-order valence-electron chi connectivity index (χ2n) is 11.2. The number of phosphoric acid groups is 1. The Balaban J connectivity index is 0.000000546. The molecule has 0 atom stereocenters. The van der Waals surface area contributed by atoms with E-state index in [1.807, 2.05) is 0 Å². The smallest absolute Gasteiger partial charge is 0.780 e. The molecule has 0 aliphatic carbocycles. The van der Waals surface area contributed by atoms with E-state index in [4.69, 9.17) is 18.9 Å². The molecule has 0 amide bonds. The summed E-state index contributed by atoms with van der Waals surface area (Å²) < 4.78 is 36.1. The molecule has 0 aliphatic heterocycles. The number of hydrogen-bond acceptors (Lipinski definition) is 15. The fraction of sp³-hybridized carbons (Fsp3) is 0.263.